The third kappa shape index (κ3) is 6.99. The first-order valence-electron chi connectivity index (χ1n) is 3.36. The molecular formula is C7H13N3S. The van der Waals surface area contributed by atoms with Gasteiger partial charge in [-0.15, -0.1) is 6.58 Å². The van der Waals surface area contributed by atoms with Crippen molar-refractivity contribution < 1.29 is 0 Å². The molecule has 0 fully saturated rings. The summed E-state index contributed by atoms with van der Waals surface area (Å²) in [6, 6.07) is 0. The van der Waals surface area contributed by atoms with Crippen molar-refractivity contribution >= 4 is 23.0 Å². The minimum absolute atomic E-state index is 0.197. The first-order valence-corrected chi connectivity index (χ1v) is 3.77. The molecule has 11 heavy (non-hydrogen) atoms. The van der Waals surface area contributed by atoms with E-state index in [1.54, 1.807) is 0 Å². The number of nitrogens with one attached hydrogen (secondary N) is 1. The summed E-state index contributed by atoms with van der Waals surface area (Å²) in [5, 5.41) is 4.11. The van der Waals surface area contributed by atoms with Gasteiger partial charge in [-0.3, -0.25) is 5.43 Å². The molecule has 0 amide bonds. The molecule has 0 radical (unpaired) electrons. The average Bonchev–Trinajstić information content (AvgIpc) is 1.97. The highest BCUT2D eigenvalue weighted by atomic mass is 32.1. The normalized spacial score (nSPS) is 10.8. The van der Waals surface area contributed by atoms with E-state index in [2.05, 4.69) is 29.3 Å². The van der Waals surface area contributed by atoms with E-state index < -0.39 is 0 Å². The van der Waals surface area contributed by atoms with Gasteiger partial charge in [-0.25, -0.2) is 0 Å². The van der Waals surface area contributed by atoms with E-state index in [9.17, 15) is 0 Å². The maximum atomic E-state index is 5.16. The molecule has 0 aliphatic heterocycles. The number of rotatable bonds is 4. The highest BCUT2D eigenvalue weighted by molar-refractivity contribution is 7.80. The van der Waals surface area contributed by atoms with Gasteiger partial charge in [0.25, 0.3) is 0 Å². The van der Waals surface area contributed by atoms with Gasteiger partial charge in [-0.05, 0) is 32.0 Å². The number of hydrogen-bond acceptors (Lipinski definition) is 2. The quantitative estimate of drug-likeness (QED) is 0.289. The van der Waals surface area contributed by atoms with Crippen molar-refractivity contribution in [2.24, 2.45) is 10.8 Å². The van der Waals surface area contributed by atoms with E-state index >= 15 is 0 Å². The SMILES string of the molecule is C=CCC/C(C)=N/NC(N)=S. The van der Waals surface area contributed by atoms with Crippen molar-refractivity contribution in [2.45, 2.75) is 19.8 Å². The van der Waals surface area contributed by atoms with Gasteiger partial charge in [0, 0.05) is 5.71 Å². The van der Waals surface area contributed by atoms with Crippen LogP contribution >= 0.6 is 12.2 Å². The Morgan fingerprint density at radius 2 is 2.45 bits per heavy atom. The van der Waals surface area contributed by atoms with Crippen LogP contribution in [-0.4, -0.2) is 10.8 Å². The summed E-state index contributed by atoms with van der Waals surface area (Å²) in [5.41, 5.74) is 8.65. The van der Waals surface area contributed by atoms with Gasteiger partial charge in [0.05, 0.1) is 0 Å². The minimum atomic E-state index is 0.197. The fourth-order valence-electron chi connectivity index (χ4n) is 0.517. The Morgan fingerprint density at radius 3 is 2.91 bits per heavy atom. The Labute approximate surface area is 72.4 Å². The molecule has 0 saturated carbocycles. The van der Waals surface area contributed by atoms with Gasteiger partial charge in [0.1, 0.15) is 0 Å². The number of hydrazone groups is 1. The lowest BCUT2D eigenvalue weighted by Gasteiger charge is -1.98. The zero-order chi connectivity index (χ0) is 8.69. The summed E-state index contributed by atoms with van der Waals surface area (Å²) in [5.74, 6) is 0. The molecular weight excluding hydrogens is 158 g/mol. The summed E-state index contributed by atoms with van der Waals surface area (Å²) >= 11 is 4.57. The monoisotopic (exact) mass is 171 g/mol. The molecule has 0 aromatic heterocycles. The number of nitrogens with two attached hydrogens (primary N) is 1. The highest BCUT2D eigenvalue weighted by Gasteiger charge is 1.88. The fraction of sp³-hybridized carbons (Fsp3) is 0.429. The van der Waals surface area contributed by atoms with Gasteiger partial charge < -0.3 is 5.73 Å². The molecule has 0 spiro atoms. The second-order valence-electron chi connectivity index (χ2n) is 2.15. The number of allylic oxidation sites excluding steroid dienone is 1. The van der Waals surface area contributed by atoms with Crippen LogP contribution in [0.4, 0.5) is 0 Å². The Bertz CT molecular complexity index is 175. The van der Waals surface area contributed by atoms with Crippen LogP contribution in [0.5, 0.6) is 0 Å². The van der Waals surface area contributed by atoms with Crippen LogP contribution in [0.15, 0.2) is 17.8 Å². The zero-order valence-electron chi connectivity index (χ0n) is 6.63. The fourth-order valence-corrected chi connectivity index (χ4v) is 0.563. The number of nitrogens with zero attached hydrogens (tertiary/aromatic N) is 1. The minimum Gasteiger partial charge on any atom is -0.375 e. The van der Waals surface area contributed by atoms with E-state index in [1.807, 2.05) is 13.0 Å². The lowest BCUT2D eigenvalue weighted by Crippen LogP contribution is -2.25. The molecule has 0 saturated heterocycles. The second-order valence-corrected chi connectivity index (χ2v) is 2.59. The van der Waals surface area contributed by atoms with Crippen molar-refractivity contribution in [2.75, 3.05) is 0 Å². The largest absolute Gasteiger partial charge is 0.375 e. The maximum Gasteiger partial charge on any atom is 0.184 e. The number of hydrogen-bond donors (Lipinski definition) is 2. The standard InChI is InChI=1S/C7H13N3S/c1-3-4-5-6(2)9-10-7(8)11/h3H,1,4-5H2,2H3,(H3,8,10,11)/b9-6+. The molecule has 0 aromatic carbocycles. The highest BCUT2D eigenvalue weighted by Crippen LogP contribution is 1.91. The lowest BCUT2D eigenvalue weighted by atomic mass is 10.2. The smallest absolute Gasteiger partial charge is 0.184 e. The van der Waals surface area contributed by atoms with Crippen molar-refractivity contribution in [1.29, 1.82) is 0 Å². The molecule has 3 nitrogen and oxygen atoms in total. The Kier molecular flexibility index (Phi) is 5.37. The van der Waals surface area contributed by atoms with E-state index in [-0.39, 0.29) is 5.11 Å². The molecule has 0 heterocycles. The van der Waals surface area contributed by atoms with Crippen LogP contribution < -0.4 is 11.2 Å². The van der Waals surface area contributed by atoms with Crippen LogP contribution in [0.25, 0.3) is 0 Å². The Balaban J connectivity index is 3.62. The van der Waals surface area contributed by atoms with Gasteiger partial charge >= 0.3 is 0 Å². The summed E-state index contributed by atoms with van der Waals surface area (Å²) in [6.07, 6.45) is 3.66. The molecule has 0 unspecified atom stereocenters. The topological polar surface area (TPSA) is 50.4 Å². The van der Waals surface area contributed by atoms with Crippen molar-refractivity contribution in [3.05, 3.63) is 12.7 Å². The molecule has 3 N–H and O–H groups in total. The maximum absolute atomic E-state index is 5.16. The predicted molar refractivity (Wildman–Crippen MR) is 52.5 cm³/mol. The van der Waals surface area contributed by atoms with Crippen molar-refractivity contribution in [3.8, 4) is 0 Å². The molecule has 0 aliphatic carbocycles. The predicted octanol–water partition coefficient (Wildman–Crippen LogP) is 1.16. The number of thiocarbonyl (C=S) groups is 1. The van der Waals surface area contributed by atoms with Gasteiger partial charge in [-0.1, -0.05) is 6.08 Å². The first-order chi connectivity index (χ1) is 5.16. The van der Waals surface area contributed by atoms with Gasteiger partial charge in [0.15, 0.2) is 5.11 Å². The van der Waals surface area contributed by atoms with E-state index in [1.165, 1.54) is 0 Å². The molecule has 0 aliphatic rings. The average molecular weight is 171 g/mol. The van der Waals surface area contributed by atoms with Crippen LogP contribution in [0, 0.1) is 0 Å². The van der Waals surface area contributed by atoms with Crippen molar-refractivity contribution in [3.63, 3.8) is 0 Å². The molecule has 62 valence electrons. The van der Waals surface area contributed by atoms with Crippen LogP contribution in [0.3, 0.4) is 0 Å². The Morgan fingerprint density at radius 1 is 1.82 bits per heavy atom. The summed E-state index contributed by atoms with van der Waals surface area (Å²) < 4.78 is 0. The summed E-state index contributed by atoms with van der Waals surface area (Å²) in [4.78, 5) is 0. The van der Waals surface area contributed by atoms with Crippen molar-refractivity contribution in [1.82, 2.24) is 5.43 Å². The van der Waals surface area contributed by atoms with Crippen LogP contribution in [0.2, 0.25) is 0 Å². The molecule has 4 heteroatoms. The van der Waals surface area contributed by atoms with Gasteiger partial charge in [-0.2, -0.15) is 5.10 Å². The van der Waals surface area contributed by atoms with E-state index in [0.717, 1.165) is 18.6 Å². The summed E-state index contributed by atoms with van der Waals surface area (Å²) in [6.45, 7) is 5.51. The lowest BCUT2D eigenvalue weighted by molar-refractivity contribution is 0.986. The molecule has 0 atom stereocenters. The third-order valence-corrected chi connectivity index (χ3v) is 1.16. The second kappa shape index (κ2) is 5.85. The zero-order valence-corrected chi connectivity index (χ0v) is 7.45. The van der Waals surface area contributed by atoms with Crippen LogP contribution in [-0.2, 0) is 0 Å². The summed E-state index contributed by atoms with van der Waals surface area (Å²) in [7, 11) is 0. The van der Waals surface area contributed by atoms with Crippen LogP contribution in [0.1, 0.15) is 19.8 Å². The molecule has 0 aromatic rings. The Hall–Kier alpha value is -0.900. The van der Waals surface area contributed by atoms with Gasteiger partial charge in [0.2, 0.25) is 0 Å². The van der Waals surface area contributed by atoms with E-state index in [4.69, 9.17) is 5.73 Å². The molecule has 0 rings (SSSR count). The third-order valence-electron chi connectivity index (χ3n) is 1.07. The first kappa shape index (κ1) is 10.1. The van der Waals surface area contributed by atoms with E-state index in [0.29, 0.717) is 0 Å². The molecule has 0 bridgehead atoms.